The normalized spacial score (nSPS) is 11.4. The minimum atomic E-state index is -4.19. The average molecular weight is 375 g/mol. The van der Waals surface area contributed by atoms with E-state index < -0.39 is 21.0 Å². The van der Waals surface area contributed by atoms with E-state index >= 15 is 0 Å². The number of esters is 1. The summed E-state index contributed by atoms with van der Waals surface area (Å²) in [5.41, 5.74) is -0.232. The van der Waals surface area contributed by atoms with Gasteiger partial charge in [-0.25, -0.2) is 28.0 Å². The number of nitrogens with two attached hydrogens (primary N) is 1. The van der Waals surface area contributed by atoms with Crippen LogP contribution in [0.5, 0.6) is 0 Å². The van der Waals surface area contributed by atoms with Crippen molar-refractivity contribution in [1.29, 1.82) is 0 Å². The molecular formula is C11H11BrN4O4S. The largest absolute Gasteiger partial charge is 0.462 e. The lowest BCUT2D eigenvalue weighted by Crippen LogP contribution is -2.21. The highest BCUT2D eigenvalue weighted by Gasteiger charge is 2.27. The van der Waals surface area contributed by atoms with Gasteiger partial charge in [-0.05, 0) is 35.0 Å². The monoisotopic (exact) mass is 374 g/mol. The van der Waals surface area contributed by atoms with Crippen molar-refractivity contribution < 1.29 is 17.9 Å². The molecular weight excluding hydrogens is 364 g/mol. The Morgan fingerprint density at radius 3 is 2.67 bits per heavy atom. The van der Waals surface area contributed by atoms with E-state index in [2.05, 4.69) is 26.0 Å². The Balaban J connectivity index is 2.63. The number of primary sulfonamides is 1. The Hall–Kier alpha value is -1.78. The van der Waals surface area contributed by atoms with Gasteiger partial charge < -0.3 is 4.74 Å². The maximum atomic E-state index is 11.8. The van der Waals surface area contributed by atoms with E-state index in [1.165, 1.54) is 12.3 Å². The smallest absolute Gasteiger partial charge is 0.342 e. The molecule has 112 valence electrons. The van der Waals surface area contributed by atoms with E-state index in [1.807, 2.05) is 0 Å². The molecule has 0 spiro atoms. The number of pyridine rings is 1. The lowest BCUT2D eigenvalue weighted by molar-refractivity contribution is 0.0521. The molecule has 21 heavy (non-hydrogen) atoms. The zero-order valence-electron chi connectivity index (χ0n) is 10.9. The maximum absolute atomic E-state index is 11.8. The summed E-state index contributed by atoms with van der Waals surface area (Å²) >= 11 is 3.22. The summed E-state index contributed by atoms with van der Waals surface area (Å²) in [6.07, 6.45) is 2.55. The third kappa shape index (κ3) is 3.28. The first-order chi connectivity index (χ1) is 9.84. The van der Waals surface area contributed by atoms with Gasteiger partial charge in [0.2, 0.25) is 0 Å². The molecule has 0 aliphatic rings. The summed E-state index contributed by atoms with van der Waals surface area (Å²) in [7, 11) is -4.19. The van der Waals surface area contributed by atoms with Crippen LogP contribution >= 0.6 is 15.9 Å². The zero-order valence-corrected chi connectivity index (χ0v) is 13.3. The predicted molar refractivity (Wildman–Crippen MR) is 76.4 cm³/mol. The molecule has 0 unspecified atom stereocenters. The van der Waals surface area contributed by atoms with Crippen molar-refractivity contribution in [3.05, 3.63) is 34.6 Å². The molecule has 0 atom stereocenters. The number of carbonyl (C=O) groups is 1. The van der Waals surface area contributed by atoms with E-state index in [0.717, 1.165) is 10.9 Å². The van der Waals surface area contributed by atoms with Crippen molar-refractivity contribution in [1.82, 2.24) is 14.8 Å². The second kappa shape index (κ2) is 5.92. The van der Waals surface area contributed by atoms with Crippen LogP contribution in [0.4, 0.5) is 0 Å². The fourth-order valence-electron chi connectivity index (χ4n) is 1.62. The molecule has 2 N–H and O–H groups in total. The minimum absolute atomic E-state index is 0.102. The fraction of sp³-hybridized carbons (Fsp3) is 0.182. The number of rotatable bonds is 4. The van der Waals surface area contributed by atoms with Gasteiger partial charge in [0.15, 0.2) is 10.8 Å². The first-order valence-corrected chi connectivity index (χ1v) is 8.08. The van der Waals surface area contributed by atoms with Crippen molar-refractivity contribution in [2.24, 2.45) is 5.14 Å². The summed E-state index contributed by atoms with van der Waals surface area (Å²) in [5, 5.41) is 8.57. The van der Waals surface area contributed by atoms with Crippen LogP contribution in [0.25, 0.3) is 5.82 Å². The van der Waals surface area contributed by atoms with Crippen molar-refractivity contribution in [3.63, 3.8) is 0 Å². The van der Waals surface area contributed by atoms with Gasteiger partial charge >= 0.3 is 5.97 Å². The van der Waals surface area contributed by atoms with Crippen LogP contribution in [0.1, 0.15) is 17.3 Å². The highest BCUT2D eigenvalue weighted by molar-refractivity contribution is 9.10. The van der Waals surface area contributed by atoms with E-state index in [0.29, 0.717) is 4.47 Å². The van der Waals surface area contributed by atoms with Crippen LogP contribution in [-0.4, -0.2) is 35.8 Å². The number of carbonyl (C=O) groups excluding carboxylic acids is 1. The highest BCUT2D eigenvalue weighted by Crippen LogP contribution is 2.19. The summed E-state index contributed by atoms with van der Waals surface area (Å²) in [6.45, 7) is 1.71. The topological polar surface area (TPSA) is 117 Å². The minimum Gasteiger partial charge on any atom is -0.462 e. The second-order valence-electron chi connectivity index (χ2n) is 3.88. The van der Waals surface area contributed by atoms with Crippen molar-refractivity contribution in [2.45, 2.75) is 11.9 Å². The Labute approximate surface area is 129 Å². The Morgan fingerprint density at radius 1 is 1.43 bits per heavy atom. The van der Waals surface area contributed by atoms with Crippen LogP contribution in [-0.2, 0) is 14.8 Å². The highest BCUT2D eigenvalue weighted by atomic mass is 79.9. The van der Waals surface area contributed by atoms with Crippen LogP contribution in [0, 0.1) is 0 Å². The number of ether oxygens (including phenoxy) is 1. The van der Waals surface area contributed by atoms with Gasteiger partial charge in [0.05, 0.1) is 12.8 Å². The average Bonchev–Trinajstić information content (AvgIpc) is 2.84. The van der Waals surface area contributed by atoms with Gasteiger partial charge in [-0.2, -0.15) is 5.10 Å². The van der Waals surface area contributed by atoms with E-state index in [1.54, 1.807) is 13.0 Å². The lowest BCUT2D eigenvalue weighted by Gasteiger charge is -2.06. The van der Waals surface area contributed by atoms with Crippen LogP contribution in [0.3, 0.4) is 0 Å². The van der Waals surface area contributed by atoms with Gasteiger partial charge in [0.1, 0.15) is 5.56 Å². The molecule has 0 aliphatic carbocycles. The molecule has 0 aromatic carbocycles. The third-order valence-corrected chi connectivity index (χ3v) is 3.82. The van der Waals surface area contributed by atoms with E-state index in [4.69, 9.17) is 9.88 Å². The number of nitrogens with zero attached hydrogens (tertiary/aromatic N) is 3. The first kappa shape index (κ1) is 15.6. The van der Waals surface area contributed by atoms with Gasteiger partial charge in [-0.3, -0.25) is 0 Å². The summed E-state index contributed by atoms with van der Waals surface area (Å²) in [6, 6.07) is 3.18. The molecule has 0 saturated carbocycles. The summed E-state index contributed by atoms with van der Waals surface area (Å²) in [4.78, 5) is 15.8. The molecule has 2 aromatic heterocycles. The predicted octanol–water partition coefficient (Wildman–Crippen LogP) is 0.854. The SMILES string of the molecule is CCOC(=O)c1cnn(-c2ccc(Br)cn2)c1S(N)(=O)=O. The van der Waals surface area contributed by atoms with Gasteiger partial charge in [0, 0.05) is 10.7 Å². The molecule has 10 heteroatoms. The van der Waals surface area contributed by atoms with Crippen LogP contribution in [0.2, 0.25) is 0 Å². The van der Waals surface area contributed by atoms with Crippen molar-refractivity contribution >= 4 is 31.9 Å². The standard InChI is InChI=1S/C11H11BrN4O4S/c1-2-20-11(17)8-6-15-16(10(8)21(13,18)19)9-4-3-7(12)5-14-9/h3-6H,2H2,1H3,(H2,13,18,19). The molecule has 2 heterocycles. The quantitative estimate of drug-likeness (QED) is 0.792. The molecule has 2 aromatic rings. The molecule has 0 radical (unpaired) electrons. The molecule has 0 amide bonds. The van der Waals surface area contributed by atoms with E-state index in [-0.39, 0.29) is 18.0 Å². The van der Waals surface area contributed by atoms with Gasteiger partial charge in [-0.15, -0.1) is 0 Å². The fourth-order valence-corrected chi connectivity index (χ4v) is 2.68. The molecule has 2 rings (SSSR count). The van der Waals surface area contributed by atoms with Crippen molar-refractivity contribution in [2.75, 3.05) is 6.61 Å². The number of hydrogen-bond donors (Lipinski definition) is 1. The third-order valence-electron chi connectivity index (χ3n) is 2.42. The van der Waals surface area contributed by atoms with Gasteiger partial charge in [0.25, 0.3) is 10.0 Å². The molecule has 0 fully saturated rings. The van der Waals surface area contributed by atoms with Crippen LogP contribution < -0.4 is 5.14 Å². The van der Waals surface area contributed by atoms with Crippen LogP contribution in [0.15, 0.2) is 34.0 Å². The summed E-state index contributed by atoms with van der Waals surface area (Å²) < 4.78 is 30.0. The number of aromatic nitrogens is 3. The number of halogens is 1. The Morgan fingerprint density at radius 2 is 2.14 bits per heavy atom. The molecule has 0 saturated heterocycles. The number of sulfonamides is 1. The second-order valence-corrected chi connectivity index (χ2v) is 6.27. The Kier molecular flexibility index (Phi) is 4.40. The lowest BCUT2D eigenvalue weighted by atomic mass is 10.4. The summed E-state index contributed by atoms with van der Waals surface area (Å²) in [5.74, 6) is -0.609. The zero-order chi connectivity index (χ0) is 15.6. The maximum Gasteiger partial charge on any atom is 0.342 e. The van der Waals surface area contributed by atoms with E-state index in [9.17, 15) is 13.2 Å². The number of hydrogen-bond acceptors (Lipinski definition) is 6. The van der Waals surface area contributed by atoms with Gasteiger partial charge in [-0.1, -0.05) is 0 Å². The Bertz CT molecular complexity index is 770. The molecule has 0 bridgehead atoms. The van der Waals surface area contributed by atoms with Crippen molar-refractivity contribution in [3.8, 4) is 5.82 Å². The first-order valence-electron chi connectivity index (χ1n) is 5.74. The molecule has 8 nitrogen and oxygen atoms in total. The molecule has 0 aliphatic heterocycles.